The second-order valence-corrected chi connectivity index (χ2v) is 3.95. The molecule has 0 atom stereocenters. The molecule has 1 aromatic rings. The molecule has 0 saturated heterocycles. The molecule has 1 aromatic carbocycles. The van der Waals surface area contributed by atoms with Crippen LogP contribution in [0.5, 0.6) is 0 Å². The number of nitrogens with two attached hydrogens (primary N) is 2. The summed E-state index contributed by atoms with van der Waals surface area (Å²) in [4.78, 5) is 22.1. The number of hydrogen-bond acceptors (Lipinski definition) is 3. The van der Waals surface area contributed by atoms with Crippen molar-refractivity contribution in [2.75, 3.05) is 5.32 Å². The summed E-state index contributed by atoms with van der Waals surface area (Å²) in [7, 11) is 0. The molecule has 1 aliphatic rings. The molecule has 16 heavy (non-hydrogen) atoms. The van der Waals surface area contributed by atoms with E-state index in [-0.39, 0.29) is 0 Å². The number of nitrogens with one attached hydrogen (secondary N) is 1. The predicted molar refractivity (Wildman–Crippen MR) is 60.1 cm³/mol. The van der Waals surface area contributed by atoms with Crippen molar-refractivity contribution in [2.45, 2.75) is 18.9 Å². The predicted octanol–water partition coefficient (Wildman–Crippen LogP) is 0.459. The molecule has 0 bridgehead atoms. The Morgan fingerprint density at radius 2 is 1.56 bits per heavy atom. The smallest absolute Gasteiger partial charge is 0.248 e. The maximum atomic E-state index is 11.1. The minimum Gasteiger partial charge on any atom is -0.382 e. The van der Waals surface area contributed by atoms with E-state index in [9.17, 15) is 9.59 Å². The fourth-order valence-electron chi connectivity index (χ4n) is 1.46. The molecule has 0 aliphatic heterocycles. The van der Waals surface area contributed by atoms with Gasteiger partial charge in [-0.05, 0) is 31.0 Å². The first kappa shape index (κ1) is 10.5. The number of carbonyl (C=O) groups excluding carboxylic acids is 2. The van der Waals surface area contributed by atoms with Crippen LogP contribution in [0, 0.1) is 0 Å². The van der Waals surface area contributed by atoms with Gasteiger partial charge < -0.3 is 16.8 Å². The fourth-order valence-corrected chi connectivity index (χ4v) is 1.46. The van der Waals surface area contributed by atoms with Crippen LogP contribution in [0.1, 0.15) is 33.6 Å². The third kappa shape index (κ3) is 2.31. The normalized spacial score (nSPS) is 14.5. The average Bonchev–Trinajstić information content (AvgIpc) is 3.01. The number of amides is 2. The largest absolute Gasteiger partial charge is 0.382 e. The lowest BCUT2D eigenvalue weighted by Crippen LogP contribution is -2.16. The first-order valence-electron chi connectivity index (χ1n) is 5.07. The first-order chi connectivity index (χ1) is 7.56. The van der Waals surface area contributed by atoms with Gasteiger partial charge in [-0.3, -0.25) is 9.59 Å². The van der Waals surface area contributed by atoms with Crippen LogP contribution in [0.25, 0.3) is 0 Å². The molecule has 0 unspecified atom stereocenters. The Labute approximate surface area is 92.8 Å². The molecule has 0 aromatic heterocycles. The average molecular weight is 219 g/mol. The molecule has 5 N–H and O–H groups in total. The third-order valence-electron chi connectivity index (χ3n) is 2.45. The maximum Gasteiger partial charge on any atom is 0.248 e. The van der Waals surface area contributed by atoms with Gasteiger partial charge in [0.2, 0.25) is 11.8 Å². The molecule has 1 aliphatic carbocycles. The van der Waals surface area contributed by atoms with Crippen molar-refractivity contribution < 1.29 is 9.59 Å². The van der Waals surface area contributed by atoms with Gasteiger partial charge in [0.15, 0.2) is 0 Å². The van der Waals surface area contributed by atoms with Crippen molar-refractivity contribution in [1.82, 2.24) is 0 Å². The number of carbonyl (C=O) groups is 2. The van der Waals surface area contributed by atoms with Crippen molar-refractivity contribution >= 4 is 17.5 Å². The number of benzene rings is 1. The lowest BCUT2D eigenvalue weighted by molar-refractivity contribution is 0.0999. The molecule has 0 radical (unpaired) electrons. The van der Waals surface area contributed by atoms with Gasteiger partial charge >= 0.3 is 0 Å². The third-order valence-corrected chi connectivity index (χ3v) is 2.45. The monoisotopic (exact) mass is 219 g/mol. The van der Waals surface area contributed by atoms with Gasteiger partial charge in [-0.15, -0.1) is 0 Å². The summed E-state index contributed by atoms with van der Waals surface area (Å²) in [5, 5.41) is 3.19. The summed E-state index contributed by atoms with van der Waals surface area (Å²) in [5.74, 6) is -1.14. The van der Waals surface area contributed by atoms with Crippen LogP contribution >= 0.6 is 0 Å². The van der Waals surface area contributed by atoms with Crippen molar-refractivity contribution in [2.24, 2.45) is 11.5 Å². The van der Waals surface area contributed by atoms with Crippen LogP contribution < -0.4 is 16.8 Å². The molecule has 0 heterocycles. The summed E-state index contributed by atoms with van der Waals surface area (Å²) in [6.45, 7) is 0. The number of hydrogen-bond donors (Lipinski definition) is 3. The van der Waals surface area contributed by atoms with Crippen LogP contribution in [0.2, 0.25) is 0 Å². The second kappa shape index (κ2) is 3.84. The quantitative estimate of drug-likeness (QED) is 0.686. The van der Waals surface area contributed by atoms with Crippen LogP contribution in [0.4, 0.5) is 5.69 Å². The van der Waals surface area contributed by atoms with Crippen LogP contribution in [0.15, 0.2) is 18.2 Å². The van der Waals surface area contributed by atoms with E-state index >= 15 is 0 Å². The molecular weight excluding hydrogens is 206 g/mol. The van der Waals surface area contributed by atoms with E-state index in [1.54, 1.807) is 12.1 Å². The Kier molecular flexibility index (Phi) is 2.52. The van der Waals surface area contributed by atoms with E-state index in [2.05, 4.69) is 5.32 Å². The summed E-state index contributed by atoms with van der Waals surface area (Å²) >= 11 is 0. The van der Waals surface area contributed by atoms with Crippen LogP contribution in [-0.2, 0) is 0 Å². The molecule has 2 amide bonds. The highest BCUT2D eigenvalue weighted by Gasteiger charge is 2.21. The summed E-state index contributed by atoms with van der Waals surface area (Å²) in [5.41, 5.74) is 11.7. The summed E-state index contributed by atoms with van der Waals surface area (Å²) in [6.07, 6.45) is 2.21. The zero-order valence-electron chi connectivity index (χ0n) is 8.69. The van der Waals surface area contributed by atoms with Gasteiger partial charge in [-0.1, -0.05) is 0 Å². The van der Waals surface area contributed by atoms with Crippen molar-refractivity contribution in [3.05, 3.63) is 29.3 Å². The Hall–Kier alpha value is -2.04. The lowest BCUT2D eigenvalue weighted by atomic mass is 10.1. The molecular formula is C11H13N3O2. The number of anilines is 1. The van der Waals surface area contributed by atoms with E-state index < -0.39 is 11.8 Å². The van der Waals surface area contributed by atoms with E-state index in [0.29, 0.717) is 22.9 Å². The van der Waals surface area contributed by atoms with Crippen molar-refractivity contribution in [3.63, 3.8) is 0 Å². The highest BCUT2D eigenvalue weighted by Crippen LogP contribution is 2.25. The van der Waals surface area contributed by atoms with Gasteiger partial charge in [0.1, 0.15) is 0 Å². The van der Waals surface area contributed by atoms with Gasteiger partial charge in [-0.25, -0.2) is 0 Å². The van der Waals surface area contributed by atoms with Crippen LogP contribution in [0.3, 0.4) is 0 Å². The Bertz CT molecular complexity index is 420. The van der Waals surface area contributed by atoms with Gasteiger partial charge in [0, 0.05) is 22.9 Å². The zero-order chi connectivity index (χ0) is 11.7. The molecule has 5 heteroatoms. The zero-order valence-corrected chi connectivity index (χ0v) is 8.69. The Morgan fingerprint density at radius 1 is 1.06 bits per heavy atom. The topological polar surface area (TPSA) is 98.2 Å². The van der Waals surface area contributed by atoms with Gasteiger partial charge in [0.25, 0.3) is 0 Å². The standard InChI is InChI=1S/C11H13N3O2/c12-10(15)6-3-7(11(13)16)5-9(4-6)14-8-1-2-8/h3-5,8,14H,1-2H2,(H2,12,15)(H2,13,16). The maximum absolute atomic E-state index is 11.1. The minimum atomic E-state index is -0.568. The molecule has 1 fully saturated rings. The second-order valence-electron chi connectivity index (χ2n) is 3.95. The van der Waals surface area contributed by atoms with Crippen molar-refractivity contribution in [3.8, 4) is 0 Å². The van der Waals surface area contributed by atoms with E-state index in [0.717, 1.165) is 12.8 Å². The highest BCUT2D eigenvalue weighted by molar-refractivity contribution is 5.99. The number of rotatable bonds is 4. The molecule has 84 valence electrons. The van der Waals surface area contributed by atoms with E-state index in [4.69, 9.17) is 11.5 Å². The number of primary amides is 2. The lowest BCUT2D eigenvalue weighted by Gasteiger charge is -2.07. The summed E-state index contributed by atoms with van der Waals surface area (Å²) in [6, 6.07) is 5.10. The molecule has 1 saturated carbocycles. The van der Waals surface area contributed by atoms with E-state index in [1.807, 2.05) is 0 Å². The van der Waals surface area contributed by atoms with Crippen molar-refractivity contribution in [1.29, 1.82) is 0 Å². The van der Waals surface area contributed by atoms with Gasteiger partial charge in [-0.2, -0.15) is 0 Å². The van der Waals surface area contributed by atoms with E-state index in [1.165, 1.54) is 6.07 Å². The Balaban J connectivity index is 2.35. The first-order valence-corrected chi connectivity index (χ1v) is 5.07. The molecule has 0 spiro atoms. The molecule has 5 nitrogen and oxygen atoms in total. The minimum absolute atomic E-state index is 0.291. The summed E-state index contributed by atoms with van der Waals surface area (Å²) < 4.78 is 0. The van der Waals surface area contributed by atoms with Gasteiger partial charge in [0.05, 0.1) is 0 Å². The Morgan fingerprint density at radius 3 is 1.94 bits per heavy atom. The SMILES string of the molecule is NC(=O)c1cc(NC2CC2)cc(C(N)=O)c1. The highest BCUT2D eigenvalue weighted by atomic mass is 16.1. The molecule has 2 rings (SSSR count). The van der Waals surface area contributed by atoms with Crippen LogP contribution in [-0.4, -0.2) is 17.9 Å². The fraction of sp³-hybridized carbons (Fsp3) is 0.273.